The fourth-order valence-corrected chi connectivity index (χ4v) is 6.24. The number of hydrogen-bond donors (Lipinski definition) is 1. The number of carbonyl (C=O) groups is 1. The zero-order chi connectivity index (χ0) is 28.6. The lowest BCUT2D eigenvalue weighted by Crippen LogP contribution is -2.53. The normalized spacial score (nSPS) is 17.8. The van der Waals surface area contributed by atoms with Crippen LogP contribution in [0.5, 0.6) is 0 Å². The van der Waals surface area contributed by atoms with Crippen LogP contribution in [-0.4, -0.2) is 52.0 Å². The zero-order valence-corrected chi connectivity index (χ0v) is 24.7. The lowest BCUT2D eigenvalue weighted by atomic mass is 9.98. The summed E-state index contributed by atoms with van der Waals surface area (Å²) in [6.07, 6.45) is 2.71. The van der Waals surface area contributed by atoms with Gasteiger partial charge in [0, 0.05) is 55.9 Å². The number of pyridine rings is 1. The SMILES string of the molecule is CCCn1c(CN2CCN(C(C)(C)C)CC2)c(C(=O)N[C@H](c2cccc(F)c2)C2CC2)c2cccc(Cl)c2c1=O. The Labute approximate surface area is 241 Å². The van der Waals surface area contributed by atoms with Crippen molar-refractivity contribution in [3.05, 3.63) is 80.5 Å². The Kier molecular flexibility index (Phi) is 8.37. The van der Waals surface area contributed by atoms with E-state index in [2.05, 4.69) is 35.9 Å². The Morgan fingerprint density at radius 3 is 2.42 bits per heavy atom. The Morgan fingerprint density at radius 1 is 1.10 bits per heavy atom. The van der Waals surface area contributed by atoms with Crippen LogP contribution in [0.1, 0.15) is 74.6 Å². The summed E-state index contributed by atoms with van der Waals surface area (Å²) < 4.78 is 15.9. The molecular formula is C32H40ClFN4O2. The molecule has 0 radical (unpaired) electrons. The second-order valence-electron chi connectivity index (χ2n) is 12.2. The first-order chi connectivity index (χ1) is 19.1. The average molecular weight is 567 g/mol. The molecule has 1 aliphatic carbocycles. The standard InChI is InChI=1S/C32H40ClFN4O2/c1-5-14-38-26(20-36-15-17-37(18-16-36)32(2,3)4)28(24-10-7-11-25(33)27(24)31(38)40)30(39)35-29(21-12-13-21)22-8-6-9-23(34)19-22/h6-11,19,21,29H,5,12-18,20H2,1-4H3,(H,35,39)/t29-/m0/s1. The van der Waals surface area contributed by atoms with Crippen LogP contribution in [0.3, 0.4) is 0 Å². The number of fused-ring (bicyclic) bond motifs is 1. The number of nitrogens with one attached hydrogen (secondary N) is 1. The van der Waals surface area contributed by atoms with Crippen LogP contribution in [0.4, 0.5) is 4.39 Å². The minimum atomic E-state index is -0.318. The van der Waals surface area contributed by atoms with E-state index in [0.717, 1.165) is 56.7 Å². The van der Waals surface area contributed by atoms with Gasteiger partial charge in [-0.3, -0.25) is 19.4 Å². The number of amides is 1. The number of benzene rings is 2. The van der Waals surface area contributed by atoms with Crippen molar-refractivity contribution in [2.45, 2.75) is 71.6 Å². The molecule has 6 nitrogen and oxygen atoms in total. The molecule has 1 N–H and O–H groups in total. The molecule has 1 saturated carbocycles. The van der Waals surface area contributed by atoms with Crippen molar-refractivity contribution in [3.8, 4) is 0 Å². The van der Waals surface area contributed by atoms with Gasteiger partial charge in [0.1, 0.15) is 5.82 Å². The van der Waals surface area contributed by atoms with E-state index in [4.69, 9.17) is 11.6 Å². The highest BCUT2D eigenvalue weighted by Gasteiger charge is 2.35. The third-order valence-electron chi connectivity index (χ3n) is 8.31. The Hall–Kier alpha value is -2.74. The van der Waals surface area contributed by atoms with Gasteiger partial charge in [-0.2, -0.15) is 0 Å². The minimum absolute atomic E-state index is 0.0931. The maximum Gasteiger partial charge on any atom is 0.260 e. The van der Waals surface area contributed by atoms with Gasteiger partial charge in [0.2, 0.25) is 0 Å². The van der Waals surface area contributed by atoms with E-state index in [0.29, 0.717) is 34.4 Å². The van der Waals surface area contributed by atoms with Gasteiger partial charge < -0.3 is 9.88 Å². The first kappa shape index (κ1) is 28.8. The molecule has 0 spiro atoms. The lowest BCUT2D eigenvalue weighted by Gasteiger charge is -2.42. The summed E-state index contributed by atoms with van der Waals surface area (Å²) in [7, 11) is 0. The monoisotopic (exact) mass is 566 g/mol. The van der Waals surface area contributed by atoms with E-state index in [1.54, 1.807) is 22.8 Å². The molecule has 1 aromatic heterocycles. The van der Waals surface area contributed by atoms with Crippen molar-refractivity contribution in [2.75, 3.05) is 26.2 Å². The van der Waals surface area contributed by atoms with Gasteiger partial charge in [-0.15, -0.1) is 0 Å². The molecule has 214 valence electrons. The summed E-state index contributed by atoms with van der Waals surface area (Å²) in [6.45, 7) is 13.2. The summed E-state index contributed by atoms with van der Waals surface area (Å²) in [4.78, 5) is 32.9. The maximum absolute atomic E-state index is 14.3. The summed E-state index contributed by atoms with van der Waals surface area (Å²) >= 11 is 6.59. The highest BCUT2D eigenvalue weighted by atomic mass is 35.5. The minimum Gasteiger partial charge on any atom is -0.345 e. The van der Waals surface area contributed by atoms with E-state index in [9.17, 15) is 14.0 Å². The number of carbonyl (C=O) groups excluding carboxylic acids is 1. The molecule has 1 atom stereocenters. The van der Waals surface area contributed by atoms with Crippen LogP contribution < -0.4 is 10.9 Å². The highest BCUT2D eigenvalue weighted by molar-refractivity contribution is 6.36. The molecule has 0 unspecified atom stereocenters. The number of rotatable bonds is 8. The van der Waals surface area contributed by atoms with E-state index < -0.39 is 0 Å². The Morgan fingerprint density at radius 2 is 1.80 bits per heavy atom. The smallest absolute Gasteiger partial charge is 0.260 e. The molecule has 1 saturated heterocycles. The first-order valence-electron chi connectivity index (χ1n) is 14.5. The van der Waals surface area contributed by atoms with Crippen molar-refractivity contribution < 1.29 is 9.18 Å². The van der Waals surface area contributed by atoms with E-state index >= 15 is 0 Å². The second-order valence-corrected chi connectivity index (χ2v) is 12.6. The predicted molar refractivity (Wildman–Crippen MR) is 159 cm³/mol. The maximum atomic E-state index is 14.3. The number of piperazine rings is 1. The van der Waals surface area contributed by atoms with Crippen molar-refractivity contribution in [2.24, 2.45) is 5.92 Å². The Bertz CT molecular complexity index is 1450. The number of aromatic nitrogens is 1. The fraction of sp³-hybridized carbons (Fsp3) is 0.500. The van der Waals surface area contributed by atoms with Gasteiger partial charge >= 0.3 is 0 Å². The quantitative estimate of drug-likeness (QED) is 0.363. The molecular weight excluding hydrogens is 527 g/mol. The summed E-state index contributed by atoms with van der Waals surface area (Å²) in [5.74, 6) is -0.307. The third-order valence-corrected chi connectivity index (χ3v) is 8.63. The van der Waals surface area contributed by atoms with Gasteiger partial charge in [-0.1, -0.05) is 42.8 Å². The average Bonchev–Trinajstić information content (AvgIpc) is 3.75. The molecule has 1 amide bonds. The van der Waals surface area contributed by atoms with Crippen LogP contribution in [0, 0.1) is 11.7 Å². The zero-order valence-electron chi connectivity index (χ0n) is 24.0. The van der Waals surface area contributed by atoms with Gasteiger partial charge in [0.25, 0.3) is 11.5 Å². The molecule has 8 heteroatoms. The van der Waals surface area contributed by atoms with E-state index in [-0.39, 0.29) is 34.8 Å². The third kappa shape index (κ3) is 5.97. The molecule has 3 aromatic rings. The first-order valence-corrected chi connectivity index (χ1v) is 14.8. The summed E-state index contributed by atoms with van der Waals surface area (Å²) in [5.41, 5.74) is 1.91. The number of halogens is 2. The molecule has 1 aliphatic heterocycles. The summed E-state index contributed by atoms with van der Waals surface area (Å²) in [5, 5.41) is 4.54. The van der Waals surface area contributed by atoms with Crippen molar-refractivity contribution in [1.82, 2.24) is 19.7 Å². The molecule has 2 aliphatic rings. The van der Waals surface area contributed by atoms with Crippen LogP contribution in [0.25, 0.3) is 10.8 Å². The van der Waals surface area contributed by atoms with E-state index in [1.807, 2.05) is 19.1 Å². The van der Waals surface area contributed by atoms with Crippen molar-refractivity contribution in [1.29, 1.82) is 0 Å². The molecule has 2 fully saturated rings. The molecule has 2 heterocycles. The highest BCUT2D eigenvalue weighted by Crippen LogP contribution is 2.41. The topological polar surface area (TPSA) is 57.6 Å². The van der Waals surface area contributed by atoms with Crippen molar-refractivity contribution in [3.63, 3.8) is 0 Å². The van der Waals surface area contributed by atoms with Crippen LogP contribution in [0.15, 0.2) is 47.3 Å². The van der Waals surface area contributed by atoms with Gasteiger partial charge in [0.05, 0.1) is 22.0 Å². The lowest BCUT2D eigenvalue weighted by molar-refractivity contribution is 0.0577. The molecule has 5 rings (SSSR count). The molecule has 40 heavy (non-hydrogen) atoms. The second kappa shape index (κ2) is 11.6. The van der Waals surface area contributed by atoms with Crippen LogP contribution in [0.2, 0.25) is 5.02 Å². The molecule has 0 bridgehead atoms. The predicted octanol–water partition coefficient (Wildman–Crippen LogP) is 6.00. The Balaban J connectivity index is 1.58. The largest absolute Gasteiger partial charge is 0.345 e. The van der Waals surface area contributed by atoms with Crippen molar-refractivity contribution >= 4 is 28.3 Å². The van der Waals surface area contributed by atoms with Gasteiger partial charge in [-0.25, -0.2) is 4.39 Å². The van der Waals surface area contributed by atoms with Crippen LogP contribution >= 0.6 is 11.6 Å². The number of hydrogen-bond acceptors (Lipinski definition) is 4. The molecule has 2 aromatic carbocycles. The van der Waals surface area contributed by atoms with Gasteiger partial charge in [0.15, 0.2) is 0 Å². The van der Waals surface area contributed by atoms with Gasteiger partial charge in [-0.05, 0) is 69.7 Å². The number of nitrogens with zero attached hydrogens (tertiary/aromatic N) is 3. The van der Waals surface area contributed by atoms with Crippen LogP contribution in [-0.2, 0) is 13.1 Å². The fourth-order valence-electron chi connectivity index (χ4n) is 5.98. The van der Waals surface area contributed by atoms with E-state index in [1.165, 1.54) is 12.1 Å². The summed E-state index contributed by atoms with van der Waals surface area (Å²) in [6, 6.07) is 11.5.